The topological polar surface area (TPSA) is 52.7 Å². The maximum absolute atomic E-state index is 12.3. The van der Waals surface area contributed by atoms with Gasteiger partial charge >= 0.3 is 6.18 Å². The number of rotatable bonds is 6. The zero-order valence-corrected chi connectivity index (χ0v) is 11.7. The Bertz CT molecular complexity index is 367. The summed E-state index contributed by atoms with van der Waals surface area (Å²) in [6, 6.07) is 0. The molecular weight excluding hydrogens is 283 g/mol. The number of alkyl halides is 3. The largest absolute Gasteiger partial charge is 0.402 e. The van der Waals surface area contributed by atoms with Crippen LogP contribution in [0.1, 0.15) is 6.92 Å². The van der Waals surface area contributed by atoms with Gasteiger partial charge in [0.2, 0.25) is 10.0 Å². The number of nitrogens with zero attached hydrogens (tertiary/aromatic N) is 2. The predicted octanol–water partition coefficient (Wildman–Crippen LogP) is 0.106. The van der Waals surface area contributed by atoms with Crippen molar-refractivity contribution >= 4 is 10.0 Å². The molecule has 0 aliphatic carbocycles. The molecule has 5 nitrogen and oxygen atoms in total. The molecule has 0 unspecified atom stereocenters. The number of sulfonamides is 1. The minimum atomic E-state index is -4.50. The van der Waals surface area contributed by atoms with Crippen molar-refractivity contribution < 1.29 is 21.6 Å². The van der Waals surface area contributed by atoms with Gasteiger partial charge in [-0.15, -0.1) is 0 Å². The maximum Gasteiger partial charge on any atom is 0.402 e. The van der Waals surface area contributed by atoms with Crippen LogP contribution in [0.2, 0.25) is 0 Å². The molecular formula is C10H20F3N3O2S. The Morgan fingerprint density at radius 3 is 2.32 bits per heavy atom. The molecule has 0 aromatic rings. The Labute approximate surface area is 111 Å². The van der Waals surface area contributed by atoms with E-state index < -0.39 is 22.7 Å². The summed E-state index contributed by atoms with van der Waals surface area (Å²) in [4.78, 5) is 1.94. The van der Waals surface area contributed by atoms with E-state index in [1.165, 1.54) is 6.92 Å². The summed E-state index contributed by atoms with van der Waals surface area (Å²) in [7, 11) is -3.85. The highest BCUT2D eigenvalue weighted by molar-refractivity contribution is 7.89. The van der Waals surface area contributed by atoms with Crippen LogP contribution in [-0.4, -0.2) is 75.4 Å². The van der Waals surface area contributed by atoms with Gasteiger partial charge in [0, 0.05) is 39.3 Å². The minimum absolute atomic E-state index is 0.163. The summed E-state index contributed by atoms with van der Waals surface area (Å²) < 4.78 is 61.1. The summed E-state index contributed by atoms with van der Waals surface area (Å²) in [5, 5.41) is 3.13. The zero-order valence-electron chi connectivity index (χ0n) is 10.9. The Morgan fingerprint density at radius 1 is 1.26 bits per heavy atom. The van der Waals surface area contributed by atoms with Gasteiger partial charge in [-0.1, -0.05) is 6.92 Å². The van der Waals surface area contributed by atoms with Crippen molar-refractivity contribution in [2.24, 2.45) is 0 Å². The monoisotopic (exact) mass is 303 g/mol. The highest BCUT2D eigenvalue weighted by Crippen LogP contribution is 2.18. The van der Waals surface area contributed by atoms with Gasteiger partial charge in [0.25, 0.3) is 0 Å². The molecule has 0 saturated carbocycles. The number of halogens is 3. The molecule has 0 amide bonds. The van der Waals surface area contributed by atoms with Crippen molar-refractivity contribution in [3.8, 4) is 0 Å². The first-order valence-corrected chi connectivity index (χ1v) is 7.83. The quantitative estimate of drug-likeness (QED) is 0.756. The van der Waals surface area contributed by atoms with Crippen molar-refractivity contribution in [2.75, 3.05) is 51.6 Å². The molecule has 1 fully saturated rings. The van der Waals surface area contributed by atoms with E-state index in [2.05, 4.69) is 5.32 Å². The number of hydrogen-bond donors (Lipinski definition) is 1. The molecule has 0 aromatic heterocycles. The second-order valence-electron chi connectivity index (χ2n) is 4.45. The van der Waals surface area contributed by atoms with Crippen LogP contribution in [-0.2, 0) is 10.0 Å². The Hall–Kier alpha value is -0.380. The summed E-state index contributed by atoms with van der Waals surface area (Å²) in [6.07, 6.45) is -4.50. The van der Waals surface area contributed by atoms with Gasteiger partial charge in [-0.25, -0.2) is 8.42 Å². The smallest absolute Gasteiger partial charge is 0.314 e. The normalized spacial score (nSPS) is 19.0. The summed E-state index contributed by atoms with van der Waals surface area (Å²) in [5.74, 6) is -0.267. The number of hydrogen-bond acceptors (Lipinski definition) is 4. The van der Waals surface area contributed by atoms with E-state index in [-0.39, 0.29) is 18.8 Å². The summed E-state index contributed by atoms with van der Waals surface area (Å²) in [6.45, 7) is 3.12. The first-order valence-electron chi connectivity index (χ1n) is 6.22. The van der Waals surface area contributed by atoms with E-state index in [9.17, 15) is 21.6 Å². The molecule has 0 bridgehead atoms. The lowest BCUT2D eigenvalue weighted by Crippen LogP contribution is -2.47. The average molecular weight is 303 g/mol. The molecule has 1 saturated heterocycles. The first-order chi connectivity index (χ1) is 8.74. The molecule has 19 heavy (non-hydrogen) atoms. The highest BCUT2D eigenvalue weighted by Gasteiger charge is 2.35. The van der Waals surface area contributed by atoms with Crippen LogP contribution in [0.15, 0.2) is 0 Å². The molecule has 9 heteroatoms. The van der Waals surface area contributed by atoms with Crippen LogP contribution in [0.3, 0.4) is 0 Å². The second kappa shape index (κ2) is 6.87. The molecule has 1 aliphatic rings. The van der Waals surface area contributed by atoms with Crippen molar-refractivity contribution in [3.05, 3.63) is 0 Å². The van der Waals surface area contributed by atoms with Crippen molar-refractivity contribution in [1.82, 2.24) is 14.5 Å². The zero-order chi connectivity index (χ0) is 14.5. The van der Waals surface area contributed by atoms with E-state index in [4.69, 9.17) is 0 Å². The molecule has 1 N–H and O–H groups in total. The number of piperazine rings is 1. The molecule has 1 aliphatic heterocycles. The fourth-order valence-electron chi connectivity index (χ4n) is 1.92. The first kappa shape index (κ1) is 16.7. The lowest BCUT2D eigenvalue weighted by molar-refractivity contribution is -0.135. The predicted molar refractivity (Wildman–Crippen MR) is 66.4 cm³/mol. The van der Waals surface area contributed by atoms with E-state index >= 15 is 0 Å². The lowest BCUT2D eigenvalue weighted by Gasteiger charge is -2.28. The standard InChI is InChI=1S/C10H20F3N3O2S/c1-2-16(9-10(11,12)13)19(17,18)8-7-15-5-3-14-4-6-15/h14H,2-9H2,1H3. The molecule has 0 radical (unpaired) electrons. The SMILES string of the molecule is CCN(CC(F)(F)F)S(=O)(=O)CCN1CCNCC1. The third kappa shape index (κ3) is 6.07. The van der Waals surface area contributed by atoms with Gasteiger partial charge in [0.05, 0.1) is 5.75 Å². The van der Waals surface area contributed by atoms with Gasteiger partial charge in [-0.05, 0) is 0 Å². The van der Waals surface area contributed by atoms with Crippen LogP contribution < -0.4 is 5.32 Å². The van der Waals surface area contributed by atoms with Crippen LogP contribution >= 0.6 is 0 Å². The van der Waals surface area contributed by atoms with Gasteiger partial charge in [0.15, 0.2) is 0 Å². The molecule has 1 heterocycles. The Kier molecular flexibility index (Phi) is 6.03. The second-order valence-corrected chi connectivity index (χ2v) is 6.54. The van der Waals surface area contributed by atoms with Gasteiger partial charge in [-0.2, -0.15) is 17.5 Å². The fourth-order valence-corrected chi connectivity index (χ4v) is 3.40. The fraction of sp³-hybridized carbons (Fsp3) is 1.00. The van der Waals surface area contributed by atoms with Crippen molar-refractivity contribution in [3.63, 3.8) is 0 Å². The molecule has 0 aromatic carbocycles. The third-order valence-electron chi connectivity index (χ3n) is 2.98. The van der Waals surface area contributed by atoms with Gasteiger partial charge in [-0.3, -0.25) is 4.90 Å². The Balaban J connectivity index is 2.52. The van der Waals surface area contributed by atoms with Gasteiger partial charge in [0.1, 0.15) is 6.54 Å². The van der Waals surface area contributed by atoms with E-state index in [0.29, 0.717) is 4.31 Å². The molecule has 114 valence electrons. The molecule has 0 spiro atoms. The highest BCUT2D eigenvalue weighted by atomic mass is 32.2. The third-order valence-corrected chi connectivity index (χ3v) is 4.85. The molecule has 0 atom stereocenters. The summed E-state index contributed by atoms with van der Waals surface area (Å²) >= 11 is 0. The van der Waals surface area contributed by atoms with Crippen LogP contribution in [0.25, 0.3) is 0 Å². The van der Waals surface area contributed by atoms with E-state index in [1.54, 1.807) is 0 Å². The van der Waals surface area contributed by atoms with Crippen molar-refractivity contribution in [1.29, 1.82) is 0 Å². The van der Waals surface area contributed by atoms with Crippen molar-refractivity contribution in [2.45, 2.75) is 13.1 Å². The maximum atomic E-state index is 12.3. The minimum Gasteiger partial charge on any atom is -0.314 e. The Morgan fingerprint density at radius 2 is 1.84 bits per heavy atom. The summed E-state index contributed by atoms with van der Waals surface area (Å²) in [5.41, 5.74) is 0. The van der Waals surface area contributed by atoms with Crippen LogP contribution in [0.4, 0.5) is 13.2 Å². The van der Waals surface area contributed by atoms with Crippen LogP contribution in [0.5, 0.6) is 0 Å². The van der Waals surface area contributed by atoms with Crippen LogP contribution in [0, 0.1) is 0 Å². The van der Waals surface area contributed by atoms with Gasteiger partial charge < -0.3 is 5.32 Å². The number of nitrogens with one attached hydrogen (secondary N) is 1. The average Bonchev–Trinajstić information content (AvgIpc) is 2.34. The van der Waals surface area contributed by atoms with E-state index in [0.717, 1.165) is 26.2 Å². The van der Waals surface area contributed by atoms with E-state index in [1.807, 2.05) is 4.90 Å². The lowest BCUT2D eigenvalue weighted by atomic mass is 10.4. The molecule has 1 rings (SSSR count).